The smallest absolute Gasteiger partial charge is 0.152 e. The summed E-state index contributed by atoms with van der Waals surface area (Å²) >= 11 is 0. The van der Waals surface area contributed by atoms with Crippen molar-refractivity contribution in [3.8, 4) is 0 Å². The first-order valence-corrected chi connectivity index (χ1v) is 12.0. The van der Waals surface area contributed by atoms with Gasteiger partial charge in [-0.1, -0.05) is 117 Å². The van der Waals surface area contributed by atoms with Crippen LogP contribution in [0.4, 0.5) is 0 Å². The number of hydrogen-bond donors (Lipinski definition) is 0. The average molecular weight is 399 g/mol. The van der Waals surface area contributed by atoms with Gasteiger partial charge in [0.1, 0.15) is 12.2 Å². The van der Waals surface area contributed by atoms with Gasteiger partial charge in [-0.25, -0.2) is 9.78 Å². The molecular formula is C24H46O4. The molecule has 4 heteroatoms. The lowest BCUT2D eigenvalue weighted by Crippen LogP contribution is -2.22. The monoisotopic (exact) mass is 398 g/mol. The summed E-state index contributed by atoms with van der Waals surface area (Å²) in [4.78, 5) is 32.8. The number of hydrogen-bond acceptors (Lipinski definition) is 4. The average Bonchev–Trinajstić information content (AvgIpc) is 2.72. The Bertz CT molecular complexity index is 301. The highest BCUT2D eigenvalue weighted by atomic mass is 17.2. The van der Waals surface area contributed by atoms with E-state index in [0.29, 0.717) is 12.8 Å². The Balaban J connectivity index is 3.64. The predicted octanol–water partition coefficient (Wildman–Crippen LogP) is 7.13. The summed E-state index contributed by atoms with van der Waals surface area (Å²) in [6.45, 7) is 4.46. The van der Waals surface area contributed by atoms with Crippen LogP contribution in [0, 0.1) is 0 Å². The Kier molecular flexibility index (Phi) is 22.0. The fraction of sp³-hybridized carbons (Fsp3) is 0.917. The maximum absolute atomic E-state index is 11.2. The van der Waals surface area contributed by atoms with Crippen LogP contribution in [0.1, 0.15) is 129 Å². The van der Waals surface area contributed by atoms with Crippen LogP contribution in [0.25, 0.3) is 0 Å². The molecule has 0 aliphatic heterocycles. The lowest BCUT2D eigenvalue weighted by molar-refractivity contribution is -0.333. The van der Waals surface area contributed by atoms with Crippen molar-refractivity contribution >= 4 is 12.6 Å². The molecule has 0 heterocycles. The SMILES string of the molecule is CCCCCCCCCCC(C=O)OOC(C=O)CCCCCCCCCC. The lowest BCUT2D eigenvalue weighted by Gasteiger charge is -2.15. The number of carbonyl (C=O) groups is 2. The van der Waals surface area contributed by atoms with Crippen molar-refractivity contribution in [3.05, 3.63) is 0 Å². The molecular weight excluding hydrogens is 352 g/mol. The Labute approximate surface area is 174 Å². The highest BCUT2D eigenvalue weighted by Crippen LogP contribution is 2.14. The van der Waals surface area contributed by atoms with Gasteiger partial charge in [0.2, 0.25) is 0 Å². The third-order valence-electron chi connectivity index (χ3n) is 5.29. The van der Waals surface area contributed by atoms with Gasteiger partial charge in [-0.05, 0) is 12.8 Å². The van der Waals surface area contributed by atoms with E-state index in [1.54, 1.807) is 0 Å². The lowest BCUT2D eigenvalue weighted by atomic mass is 10.1. The molecule has 0 amide bonds. The highest BCUT2D eigenvalue weighted by molar-refractivity contribution is 5.56. The summed E-state index contributed by atoms with van der Waals surface area (Å²) < 4.78 is 0. The van der Waals surface area contributed by atoms with E-state index in [-0.39, 0.29) is 0 Å². The topological polar surface area (TPSA) is 52.6 Å². The van der Waals surface area contributed by atoms with Crippen LogP contribution in [0.2, 0.25) is 0 Å². The molecule has 2 unspecified atom stereocenters. The van der Waals surface area contributed by atoms with Gasteiger partial charge in [-0.2, -0.15) is 0 Å². The van der Waals surface area contributed by atoms with Gasteiger partial charge >= 0.3 is 0 Å². The normalized spacial score (nSPS) is 13.4. The molecule has 0 aromatic heterocycles. The molecule has 0 saturated heterocycles. The van der Waals surface area contributed by atoms with Gasteiger partial charge in [0, 0.05) is 0 Å². The third kappa shape index (κ3) is 18.6. The van der Waals surface area contributed by atoms with Crippen molar-refractivity contribution in [1.82, 2.24) is 0 Å². The molecule has 0 aliphatic rings. The molecule has 166 valence electrons. The third-order valence-corrected chi connectivity index (χ3v) is 5.29. The minimum atomic E-state index is -0.555. The van der Waals surface area contributed by atoms with E-state index in [9.17, 15) is 9.59 Å². The van der Waals surface area contributed by atoms with Crippen molar-refractivity contribution in [2.45, 2.75) is 142 Å². The van der Waals surface area contributed by atoms with E-state index in [1.165, 1.54) is 77.0 Å². The zero-order chi connectivity index (χ0) is 20.7. The molecule has 2 atom stereocenters. The molecule has 0 aromatic carbocycles. The fourth-order valence-electron chi connectivity index (χ4n) is 3.38. The molecule has 28 heavy (non-hydrogen) atoms. The first kappa shape index (κ1) is 27.3. The molecule has 0 fully saturated rings. The molecule has 0 bridgehead atoms. The maximum atomic E-state index is 11.2. The number of rotatable bonds is 23. The van der Waals surface area contributed by atoms with Crippen molar-refractivity contribution in [3.63, 3.8) is 0 Å². The van der Waals surface area contributed by atoms with Crippen LogP contribution in [-0.2, 0) is 19.4 Å². The van der Waals surface area contributed by atoms with Crippen LogP contribution in [0.5, 0.6) is 0 Å². The van der Waals surface area contributed by atoms with Crippen LogP contribution < -0.4 is 0 Å². The molecule has 4 nitrogen and oxygen atoms in total. The Morgan fingerprint density at radius 1 is 0.500 bits per heavy atom. The van der Waals surface area contributed by atoms with Gasteiger partial charge in [-0.15, -0.1) is 0 Å². The van der Waals surface area contributed by atoms with Gasteiger partial charge in [-0.3, -0.25) is 0 Å². The van der Waals surface area contributed by atoms with Crippen LogP contribution in [0.15, 0.2) is 0 Å². The molecule has 0 aliphatic carbocycles. The summed E-state index contributed by atoms with van der Waals surface area (Å²) in [5, 5.41) is 0. The van der Waals surface area contributed by atoms with Crippen molar-refractivity contribution < 1.29 is 19.4 Å². The van der Waals surface area contributed by atoms with Gasteiger partial charge < -0.3 is 9.59 Å². The van der Waals surface area contributed by atoms with Crippen molar-refractivity contribution in [1.29, 1.82) is 0 Å². The van der Waals surface area contributed by atoms with Crippen LogP contribution in [0.3, 0.4) is 0 Å². The fourth-order valence-corrected chi connectivity index (χ4v) is 3.38. The quantitative estimate of drug-likeness (QED) is 0.0795. The molecule has 0 N–H and O–H groups in total. The van der Waals surface area contributed by atoms with E-state index in [0.717, 1.165) is 38.3 Å². The Hall–Kier alpha value is -0.740. The highest BCUT2D eigenvalue weighted by Gasteiger charge is 2.14. The van der Waals surface area contributed by atoms with Crippen LogP contribution in [-0.4, -0.2) is 24.8 Å². The van der Waals surface area contributed by atoms with Crippen molar-refractivity contribution in [2.24, 2.45) is 0 Å². The maximum Gasteiger partial charge on any atom is 0.152 e. The first-order valence-electron chi connectivity index (χ1n) is 12.0. The standard InChI is InChI=1S/C24H46O4/c1-3-5-7-9-11-13-15-17-19-23(21-25)27-28-24(22-26)20-18-16-14-12-10-8-6-4-2/h21-24H,3-20H2,1-2H3. The minimum absolute atomic E-state index is 0.555. The number of unbranched alkanes of at least 4 members (excludes halogenated alkanes) is 14. The molecule has 0 saturated carbocycles. The Morgan fingerprint density at radius 3 is 1.07 bits per heavy atom. The molecule has 0 radical (unpaired) electrons. The second kappa shape index (κ2) is 22.5. The second-order valence-electron chi connectivity index (χ2n) is 8.07. The zero-order valence-corrected chi connectivity index (χ0v) is 18.7. The summed E-state index contributed by atoms with van der Waals surface area (Å²) in [6.07, 6.45) is 21.4. The first-order chi connectivity index (χ1) is 13.8. The summed E-state index contributed by atoms with van der Waals surface area (Å²) in [5.74, 6) is 0. The molecule has 0 spiro atoms. The summed E-state index contributed by atoms with van der Waals surface area (Å²) in [6, 6.07) is 0. The van der Waals surface area contributed by atoms with Gasteiger partial charge in [0.15, 0.2) is 12.6 Å². The van der Waals surface area contributed by atoms with Gasteiger partial charge in [0.05, 0.1) is 0 Å². The zero-order valence-electron chi connectivity index (χ0n) is 18.7. The molecule has 0 aromatic rings. The van der Waals surface area contributed by atoms with E-state index < -0.39 is 12.2 Å². The van der Waals surface area contributed by atoms with E-state index in [1.807, 2.05) is 0 Å². The van der Waals surface area contributed by atoms with Crippen molar-refractivity contribution in [2.75, 3.05) is 0 Å². The largest absolute Gasteiger partial charge is 0.300 e. The van der Waals surface area contributed by atoms with Crippen LogP contribution >= 0.6 is 0 Å². The minimum Gasteiger partial charge on any atom is -0.300 e. The summed E-state index contributed by atoms with van der Waals surface area (Å²) in [5.41, 5.74) is 0. The van der Waals surface area contributed by atoms with E-state index in [2.05, 4.69) is 13.8 Å². The van der Waals surface area contributed by atoms with E-state index in [4.69, 9.17) is 9.78 Å². The van der Waals surface area contributed by atoms with E-state index >= 15 is 0 Å². The number of carbonyl (C=O) groups excluding carboxylic acids is 2. The second-order valence-corrected chi connectivity index (χ2v) is 8.07. The predicted molar refractivity (Wildman–Crippen MR) is 116 cm³/mol. The number of aldehydes is 2. The van der Waals surface area contributed by atoms with Gasteiger partial charge in [0.25, 0.3) is 0 Å². The summed E-state index contributed by atoms with van der Waals surface area (Å²) in [7, 11) is 0. The molecule has 0 rings (SSSR count). The Morgan fingerprint density at radius 2 is 0.786 bits per heavy atom.